The fraction of sp³-hybridized carbons (Fsp3) is 0.167. The Morgan fingerprint density at radius 2 is 2.00 bits per heavy atom. The fourth-order valence-electron chi connectivity index (χ4n) is 2.75. The van der Waals surface area contributed by atoms with Crippen LogP contribution in [0.4, 0.5) is 24.5 Å². The summed E-state index contributed by atoms with van der Waals surface area (Å²) in [6, 6.07) is 6.85. The van der Waals surface area contributed by atoms with Crippen LogP contribution < -0.4 is 16.4 Å². The highest BCUT2D eigenvalue weighted by Crippen LogP contribution is 2.34. The summed E-state index contributed by atoms with van der Waals surface area (Å²) in [5, 5.41) is 11.4. The van der Waals surface area contributed by atoms with Crippen molar-refractivity contribution in [2.45, 2.75) is 19.6 Å². The lowest BCUT2D eigenvalue weighted by Crippen LogP contribution is -2.36. The Hall–Kier alpha value is -3.96. The topological polar surface area (TPSA) is 119 Å². The minimum atomic E-state index is -4.75. The lowest BCUT2D eigenvalue weighted by Gasteiger charge is -2.12. The second-order valence-corrected chi connectivity index (χ2v) is 6.31. The number of hydrogen-bond acceptors (Lipinski definition) is 6. The van der Waals surface area contributed by atoms with Gasteiger partial charge in [-0.15, -0.1) is 0 Å². The van der Waals surface area contributed by atoms with E-state index in [0.29, 0.717) is 23.0 Å². The van der Waals surface area contributed by atoms with Crippen LogP contribution in [-0.4, -0.2) is 20.4 Å². The van der Waals surface area contributed by atoms with Crippen molar-refractivity contribution in [1.29, 1.82) is 0 Å². The monoisotopic (exact) mass is 421 g/mol. The fourth-order valence-corrected chi connectivity index (χ4v) is 2.75. The molecule has 2 N–H and O–H groups in total. The molecule has 0 aliphatic heterocycles. The molecule has 0 radical (unpaired) electrons. The lowest BCUT2D eigenvalue weighted by atomic mass is 10.1. The Morgan fingerprint density at radius 1 is 1.27 bits per heavy atom. The zero-order valence-corrected chi connectivity index (χ0v) is 15.4. The Bertz CT molecular complexity index is 1210. The van der Waals surface area contributed by atoms with E-state index in [4.69, 9.17) is 0 Å². The maximum Gasteiger partial charge on any atom is 0.416 e. The van der Waals surface area contributed by atoms with Crippen LogP contribution in [0.1, 0.15) is 11.1 Å². The number of halogens is 3. The van der Waals surface area contributed by atoms with Crippen LogP contribution in [0.25, 0.3) is 10.9 Å². The first kappa shape index (κ1) is 20.8. The van der Waals surface area contributed by atoms with Gasteiger partial charge in [0.15, 0.2) is 0 Å². The minimum Gasteiger partial charge on any atom is -0.292 e. The van der Waals surface area contributed by atoms with Crippen molar-refractivity contribution in [3.8, 4) is 0 Å². The molecule has 3 aromatic rings. The molecule has 0 atom stereocenters. The minimum absolute atomic E-state index is 0.316. The molecule has 1 amide bonds. The molecule has 0 aliphatic rings. The predicted molar refractivity (Wildman–Crippen MR) is 101 cm³/mol. The van der Waals surface area contributed by atoms with E-state index in [1.807, 2.05) is 0 Å². The number of nitrogens with one attached hydrogen (secondary N) is 2. The molecule has 0 saturated heterocycles. The van der Waals surface area contributed by atoms with Gasteiger partial charge in [-0.05, 0) is 30.7 Å². The zero-order chi connectivity index (χ0) is 22.1. The molecule has 0 spiro atoms. The molecule has 0 unspecified atom stereocenters. The number of para-hydroxylation sites is 1. The number of nitrogens with zero attached hydrogens (tertiary/aromatic N) is 3. The van der Waals surface area contributed by atoms with Gasteiger partial charge in [0.25, 0.3) is 17.2 Å². The summed E-state index contributed by atoms with van der Waals surface area (Å²) >= 11 is 0. The van der Waals surface area contributed by atoms with E-state index in [9.17, 15) is 32.9 Å². The van der Waals surface area contributed by atoms with Gasteiger partial charge in [-0.3, -0.25) is 35.1 Å². The van der Waals surface area contributed by atoms with E-state index in [-0.39, 0.29) is 5.69 Å². The summed E-state index contributed by atoms with van der Waals surface area (Å²) in [5.41, 5.74) is 2.75. The van der Waals surface area contributed by atoms with Crippen molar-refractivity contribution in [2.75, 3.05) is 5.43 Å². The zero-order valence-electron chi connectivity index (χ0n) is 15.4. The van der Waals surface area contributed by atoms with E-state index in [0.717, 1.165) is 16.2 Å². The standard InChI is InChI=1S/C18H14F3N5O4/c1-10-3-2-4-12-16(10)22-9-25(17(12)28)8-15(27)24-23-13-6-5-11(18(19,20)21)7-14(13)26(29)30/h2-7,9,23H,8H2,1H3,(H,24,27). The van der Waals surface area contributed by atoms with Crippen LogP contribution in [0.2, 0.25) is 0 Å². The van der Waals surface area contributed by atoms with Gasteiger partial charge in [-0.1, -0.05) is 12.1 Å². The maximum atomic E-state index is 12.7. The third kappa shape index (κ3) is 4.21. The number of fused-ring (bicyclic) bond motifs is 1. The number of amides is 1. The molecule has 3 rings (SSSR count). The summed E-state index contributed by atoms with van der Waals surface area (Å²) in [5.74, 6) is -0.764. The van der Waals surface area contributed by atoms with Crippen LogP contribution in [0.5, 0.6) is 0 Å². The molecule has 0 fully saturated rings. The summed E-state index contributed by atoms with van der Waals surface area (Å²) in [6.45, 7) is 1.32. The molecule has 12 heteroatoms. The van der Waals surface area contributed by atoms with E-state index in [2.05, 4.69) is 15.8 Å². The van der Waals surface area contributed by atoms with E-state index in [1.165, 1.54) is 6.33 Å². The van der Waals surface area contributed by atoms with Crippen LogP contribution in [0.3, 0.4) is 0 Å². The number of anilines is 1. The Kier molecular flexibility index (Phi) is 5.41. The second kappa shape index (κ2) is 7.81. The molecule has 0 bridgehead atoms. The van der Waals surface area contributed by atoms with E-state index >= 15 is 0 Å². The Morgan fingerprint density at radius 3 is 2.67 bits per heavy atom. The number of nitro groups is 1. The molecule has 1 heterocycles. The first-order chi connectivity index (χ1) is 14.1. The van der Waals surface area contributed by atoms with Crippen molar-refractivity contribution in [2.24, 2.45) is 0 Å². The second-order valence-electron chi connectivity index (χ2n) is 6.31. The van der Waals surface area contributed by atoms with E-state index < -0.39 is 40.4 Å². The number of benzene rings is 2. The van der Waals surface area contributed by atoms with Crippen molar-refractivity contribution in [3.63, 3.8) is 0 Å². The van der Waals surface area contributed by atoms with Gasteiger partial charge in [0, 0.05) is 6.07 Å². The highest BCUT2D eigenvalue weighted by molar-refractivity contribution is 5.81. The molecular formula is C18H14F3N5O4. The highest BCUT2D eigenvalue weighted by atomic mass is 19.4. The summed E-state index contributed by atoms with van der Waals surface area (Å²) < 4.78 is 39.3. The van der Waals surface area contributed by atoms with Crippen LogP contribution in [-0.2, 0) is 17.5 Å². The van der Waals surface area contributed by atoms with Crippen LogP contribution >= 0.6 is 0 Å². The van der Waals surface area contributed by atoms with Gasteiger partial charge in [0.05, 0.1) is 27.7 Å². The molecule has 156 valence electrons. The average Bonchev–Trinajstić information content (AvgIpc) is 2.68. The Labute approximate surface area is 166 Å². The van der Waals surface area contributed by atoms with Gasteiger partial charge >= 0.3 is 6.18 Å². The molecular weight excluding hydrogens is 407 g/mol. The average molecular weight is 421 g/mol. The van der Waals surface area contributed by atoms with Gasteiger partial charge in [-0.25, -0.2) is 4.98 Å². The van der Waals surface area contributed by atoms with Crippen molar-refractivity contribution in [1.82, 2.24) is 15.0 Å². The molecule has 1 aromatic heterocycles. The third-order valence-corrected chi connectivity index (χ3v) is 4.23. The number of aromatic nitrogens is 2. The van der Waals surface area contributed by atoms with Crippen LogP contribution in [0.15, 0.2) is 47.5 Å². The number of hydrazine groups is 1. The smallest absolute Gasteiger partial charge is 0.292 e. The Balaban J connectivity index is 1.77. The maximum absolute atomic E-state index is 12.7. The summed E-state index contributed by atoms with van der Waals surface area (Å²) in [7, 11) is 0. The third-order valence-electron chi connectivity index (χ3n) is 4.23. The number of carbonyl (C=O) groups is 1. The molecule has 30 heavy (non-hydrogen) atoms. The summed E-state index contributed by atoms with van der Waals surface area (Å²) in [6.07, 6.45) is -3.56. The van der Waals surface area contributed by atoms with Gasteiger partial charge in [0.1, 0.15) is 12.2 Å². The lowest BCUT2D eigenvalue weighted by molar-refractivity contribution is -0.384. The highest BCUT2D eigenvalue weighted by Gasteiger charge is 2.33. The SMILES string of the molecule is Cc1cccc2c(=O)n(CC(=O)NNc3ccc(C(F)(F)F)cc3[N+](=O)[O-])cnc12. The molecule has 0 saturated carbocycles. The number of rotatable bonds is 5. The predicted octanol–water partition coefficient (Wildman–Crippen LogP) is 2.78. The van der Waals surface area contributed by atoms with E-state index in [1.54, 1.807) is 25.1 Å². The normalized spacial score (nSPS) is 11.3. The molecule has 0 aliphatic carbocycles. The first-order valence-corrected chi connectivity index (χ1v) is 8.43. The summed E-state index contributed by atoms with van der Waals surface area (Å²) in [4.78, 5) is 38.8. The van der Waals surface area contributed by atoms with Gasteiger partial charge in [0.2, 0.25) is 0 Å². The van der Waals surface area contributed by atoms with Crippen LogP contribution in [0, 0.1) is 17.0 Å². The first-order valence-electron chi connectivity index (χ1n) is 8.43. The quantitative estimate of drug-likeness (QED) is 0.483. The number of aryl methyl sites for hydroxylation is 1. The van der Waals surface area contributed by atoms with Gasteiger partial charge in [-0.2, -0.15) is 13.2 Å². The number of alkyl halides is 3. The van der Waals surface area contributed by atoms with Crippen molar-refractivity contribution in [3.05, 3.63) is 74.3 Å². The van der Waals surface area contributed by atoms with Crippen molar-refractivity contribution >= 4 is 28.2 Å². The molecule has 9 nitrogen and oxygen atoms in total. The number of hydrogen-bond donors (Lipinski definition) is 2. The van der Waals surface area contributed by atoms with Crippen molar-refractivity contribution < 1.29 is 22.9 Å². The van der Waals surface area contributed by atoms with Gasteiger partial charge < -0.3 is 0 Å². The largest absolute Gasteiger partial charge is 0.416 e. The molecule has 2 aromatic carbocycles. The number of carbonyl (C=O) groups excluding carboxylic acids is 1. The number of nitro benzene ring substituents is 1.